The average Bonchev–Trinajstić information content (AvgIpc) is 2.29. The van der Waals surface area contributed by atoms with Crippen LogP contribution < -0.4 is 10.5 Å². The van der Waals surface area contributed by atoms with Gasteiger partial charge in [0.15, 0.2) is 5.78 Å². The van der Waals surface area contributed by atoms with E-state index in [0.717, 1.165) is 5.56 Å². The van der Waals surface area contributed by atoms with E-state index >= 15 is 0 Å². The minimum absolute atomic E-state index is 0.0762. The summed E-state index contributed by atoms with van der Waals surface area (Å²) < 4.78 is 5.20. The van der Waals surface area contributed by atoms with Crippen molar-refractivity contribution in [2.45, 2.75) is 26.8 Å². The summed E-state index contributed by atoms with van der Waals surface area (Å²) >= 11 is 6.02. The zero-order valence-electron chi connectivity index (χ0n) is 10.6. The Kier molecular flexibility index (Phi) is 4.54. The van der Waals surface area contributed by atoms with Crippen molar-refractivity contribution in [3.05, 3.63) is 28.3 Å². The van der Waals surface area contributed by atoms with Gasteiger partial charge >= 0.3 is 0 Å². The van der Waals surface area contributed by atoms with Crippen molar-refractivity contribution >= 4 is 17.4 Å². The molecule has 1 unspecified atom stereocenters. The molecule has 0 aromatic heterocycles. The third-order valence-electron chi connectivity index (χ3n) is 2.77. The molecule has 0 amide bonds. The maximum atomic E-state index is 12.2. The van der Waals surface area contributed by atoms with Crippen molar-refractivity contribution < 1.29 is 9.53 Å². The van der Waals surface area contributed by atoms with Gasteiger partial charge in [-0.25, -0.2) is 0 Å². The van der Waals surface area contributed by atoms with Gasteiger partial charge in [-0.2, -0.15) is 0 Å². The summed E-state index contributed by atoms with van der Waals surface area (Å²) in [5.41, 5.74) is 7.18. The first-order valence-electron chi connectivity index (χ1n) is 5.52. The number of Topliss-reactive ketones (excluding diaryl/α,β-unsaturated/α-hetero) is 1. The van der Waals surface area contributed by atoms with E-state index in [-0.39, 0.29) is 11.7 Å². The highest BCUT2D eigenvalue weighted by molar-refractivity contribution is 6.31. The van der Waals surface area contributed by atoms with Gasteiger partial charge in [0.25, 0.3) is 0 Å². The van der Waals surface area contributed by atoms with Crippen LogP contribution in [0.2, 0.25) is 5.02 Å². The molecular weight excluding hydrogens is 238 g/mol. The maximum absolute atomic E-state index is 12.2. The summed E-state index contributed by atoms with van der Waals surface area (Å²) in [5, 5.41) is 0.546. The maximum Gasteiger partial charge on any atom is 0.183 e. The second-order valence-electron chi connectivity index (χ2n) is 4.44. The Balaban J connectivity index is 3.21. The Morgan fingerprint density at radius 2 is 2.00 bits per heavy atom. The lowest BCUT2D eigenvalue weighted by molar-refractivity contribution is 0.0937. The second kappa shape index (κ2) is 5.52. The lowest BCUT2D eigenvalue weighted by Crippen LogP contribution is -2.35. The average molecular weight is 256 g/mol. The number of ether oxygens (including phenoxy) is 1. The number of halogens is 1. The molecule has 0 aliphatic rings. The monoisotopic (exact) mass is 255 g/mol. The lowest BCUT2D eigenvalue weighted by Gasteiger charge is -2.17. The summed E-state index contributed by atoms with van der Waals surface area (Å²) in [6, 6.07) is 2.84. The molecule has 0 aliphatic heterocycles. The molecule has 0 bridgehead atoms. The number of ketones is 1. The van der Waals surface area contributed by atoms with Crippen molar-refractivity contribution in [1.82, 2.24) is 0 Å². The number of nitrogens with two attached hydrogens (primary N) is 1. The first-order valence-corrected chi connectivity index (χ1v) is 5.90. The molecule has 0 saturated carbocycles. The molecule has 0 fully saturated rings. The van der Waals surface area contributed by atoms with E-state index in [4.69, 9.17) is 22.1 Å². The number of aryl methyl sites for hydroxylation is 1. The highest BCUT2D eigenvalue weighted by Gasteiger charge is 2.23. The first kappa shape index (κ1) is 14.0. The van der Waals surface area contributed by atoms with Crippen LogP contribution in [-0.4, -0.2) is 18.9 Å². The molecule has 3 nitrogen and oxygen atoms in total. The van der Waals surface area contributed by atoms with Gasteiger partial charge in [-0.15, -0.1) is 0 Å². The summed E-state index contributed by atoms with van der Waals surface area (Å²) in [6.07, 6.45) is 0. The number of methoxy groups -OCH3 is 1. The fourth-order valence-electron chi connectivity index (χ4n) is 1.50. The van der Waals surface area contributed by atoms with Gasteiger partial charge in [-0.1, -0.05) is 25.4 Å². The van der Waals surface area contributed by atoms with Crippen LogP contribution in [0.5, 0.6) is 5.75 Å². The van der Waals surface area contributed by atoms with E-state index in [0.29, 0.717) is 16.3 Å². The molecule has 1 aromatic rings. The van der Waals surface area contributed by atoms with Crippen LogP contribution in [0, 0.1) is 12.8 Å². The molecule has 17 heavy (non-hydrogen) atoms. The van der Waals surface area contributed by atoms with E-state index in [2.05, 4.69) is 0 Å². The molecule has 0 radical (unpaired) electrons. The fourth-order valence-corrected chi connectivity index (χ4v) is 1.66. The predicted octanol–water partition coefficient (Wildman–Crippen LogP) is 2.82. The predicted molar refractivity (Wildman–Crippen MR) is 69.9 cm³/mol. The van der Waals surface area contributed by atoms with E-state index in [1.807, 2.05) is 20.8 Å². The van der Waals surface area contributed by atoms with E-state index in [9.17, 15) is 4.79 Å². The number of rotatable bonds is 4. The summed E-state index contributed by atoms with van der Waals surface area (Å²) in [5.74, 6) is 0.457. The standard InChI is InChI=1S/C13H18ClNO2/c1-7(2)12(15)13(16)9-6-10(14)8(3)5-11(9)17-4/h5-7,12H,15H2,1-4H3. The highest BCUT2D eigenvalue weighted by atomic mass is 35.5. The van der Waals surface area contributed by atoms with E-state index in [1.165, 1.54) is 7.11 Å². The molecule has 4 heteroatoms. The minimum atomic E-state index is -0.539. The number of hydrogen-bond donors (Lipinski definition) is 1. The summed E-state index contributed by atoms with van der Waals surface area (Å²) in [7, 11) is 1.53. The zero-order valence-corrected chi connectivity index (χ0v) is 11.3. The molecule has 0 spiro atoms. The van der Waals surface area contributed by atoms with Crippen molar-refractivity contribution in [3.63, 3.8) is 0 Å². The van der Waals surface area contributed by atoms with Gasteiger partial charge in [-0.3, -0.25) is 4.79 Å². The molecule has 1 atom stereocenters. The molecule has 2 N–H and O–H groups in total. The van der Waals surface area contributed by atoms with Crippen molar-refractivity contribution in [2.24, 2.45) is 11.7 Å². The lowest BCUT2D eigenvalue weighted by atomic mass is 9.95. The molecule has 0 aliphatic carbocycles. The third-order valence-corrected chi connectivity index (χ3v) is 3.17. The SMILES string of the molecule is COc1cc(C)c(Cl)cc1C(=O)C(N)C(C)C. The van der Waals surface area contributed by atoms with E-state index < -0.39 is 6.04 Å². The first-order chi connectivity index (χ1) is 7.88. The summed E-state index contributed by atoms with van der Waals surface area (Å²) in [6.45, 7) is 5.68. The van der Waals surface area contributed by atoms with Crippen LogP contribution in [0.1, 0.15) is 29.8 Å². The van der Waals surface area contributed by atoms with Gasteiger partial charge in [0.05, 0.1) is 18.7 Å². The van der Waals surface area contributed by atoms with Crippen LogP contribution in [0.4, 0.5) is 0 Å². The van der Waals surface area contributed by atoms with Crippen LogP contribution >= 0.6 is 11.6 Å². The Bertz CT molecular complexity index is 430. The van der Waals surface area contributed by atoms with Gasteiger partial charge < -0.3 is 10.5 Å². The van der Waals surface area contributed by atoms with Crippen LogP contribution in [0.25, 0.3) is 0 Å². The molecule has 94 valence electrons. The van der Waals surface area contributed by atoms with Crippen LogP contribution in [0.3, 0.4) is 0 Å². The largest absolute Gasteiger partial charge is 0.496 e. The van der Waals surface area contributed by atoms with Crippen LogP contribution in [0.15, 0.2) is 12.1 Å². The van der Waals surface area contributed by atoms with Gasteiger partial charge in [-0.05, 0) is 30.5 Å². The molecule has 1 rings (SSSR count). The van der Waals surface area contributed by atoms with Crippen molar-refractivity contribution in [1.29, 1.82) is 0 Å². The Morgan fingerprint density at radius 3 is 2.47 bits per heavy atom. The molecular formula is C13H18ClNO2. The van der Waals surface area contributed by atoms with Crippen molar-refractivity contribution in [3.8, 4) is 5.75 Å². The Labute approximate surface area is 107 Å². The molecule has 1 aromatic carbocycles. The fraction of sp³-hybridized carbons (Fsp3) is 0.462. The van der Waals surface area contributed by atoms with Crippen molar-refractivity contribution in [2.75, 3.05) is 7.11 Å². The Hall–Kier alpha value is -1.06. The number of hydrogen-bond acceptors (Lipinski definition) is 3. The van der Waals surface area contributed by atoms with E-state index in [1.54, 1.807) is 12.1 Å². The second-order valence-corrected chi connectivity index (χ2v) is 4.84. The zero-order chi connectivity index (χ0) is 13.2. The molecule has 0 heterocycles. The highest BCUT2D eigenvalue weighted by Crippen LogP contribution is 2.28. The summed E-state index contributed by atoms with van der Waals surface area (Å²) in [4.78, 5) is 12.2. The topological polar surface area (TPSA) is 52.3 Å². The van der Waals surface area contributed by atoms with Gasteiger partial charge in [0.2, 0.25) is 0 Å². The smallest absolute Gasteiger partial charge is 0.183 e. The van der Waals surface area contributed by atoms with Crippen LogP contribution in [-0.2, 0) is 0 Å². The number of carbonyl (C=O) groups is 1. The third kappa shape index (κ3) is 2.99. The number of benzene rings is 1. The van der Waals surface area contributed by atoms with Gasteiger partial charge in [0, 0.05) is 5.02 Å². The minimum Gasteiger partial charge on any atom is -0.496 e. The molecule has 0 saturated heterocycles. The van der Waals surface area contributed by atoms with Gasteiger partial charge in [0.1, 0.15) is 5.75 Å². The number of carbonyl (C=O) groups excluding carboxylic acids is 1. The normalized spacial score (nSPS) is 12.6. The quantitative estimate of drug-likeness (QED) is 0.842. The Morgan fingerprint density at radius 1 is 1.41 bits per heavy atom.